The van der Waals surface area contributed by atoms with Crippen molar-refractivity contribution in [3.05, 3.63) is 42.2 Å². The predicted molar refractivity (Wildman–Crippen MR) is 111 cm³/mol. The monoisotopic (exact) mass is 434 g/mol. The number of benzene rings is 1. The Bertz CT molecular complexity index is 954. The van der Waals surface area contributed by atoms with Crippen molar-refractivity contribution < 1.29 is 22.7 Å². The molecular weight excluding hydrogens is 408 g/mol. The Morgan fingerprint density at radius 1 is 1.07 bits per heavy atom. The van der Waals surface area contributed by atoms with E-state index in [2.05, 4.69) is 9.97 Å². The molecule has 1 aromatic carbocycles. The first-order valence-electron chi connectivity index (χ1n) is 9.67. The molecule has 1 fully saturated rings. The van der Waals surface area contributed by atoms with Gasteiger partial charge in [0.15, 0.2) is 15.6 Å². The molecule has 0 saturated carbocycles. The Morgan fingerprint density at radius 2 is 1.67 bits per heavy atom. The molecule has 0 spiro atoms. The van der Waals surface area contributed by atoms with Gasteiger partial charge in [-0.15, -0.1) is 0 Å². The number of carbonyl (C=O) groups excluding carboxylic acids is 1. The summed E-state index contributed by atoms with van der Waals surface area (Å²) in [6.45, 7) is 6.30. The minimum atomic E-state index is -3.21. The minimum absolute atomic E-state index is 0.135. The van der Waals surface area contributed by atoms with Gasteiger partial charge < -0.3 is 19.3 Å². The van der Waals surface area contributed by atoms with Gasteiger partial charge >= 0.3 is 6.09 Å². The standard InChI is InChI=1S/C20H26N4O5S/c1-15(2)29-20(25)24-10-8-23(9-11-24)19-21-12-17(13-22-19)28-14-16-4-6-18(7-5-16)30(3,26)27/h4-7,12-13,15H,8-11,14H2,1-3H3. The van der Waals surface area contributed by atoms with Crippen LogP contribution in [0.25, 0.3) is 0 Å². The first-order valence-corrected chi connectivity index (χ1v) is 11.6. The number of rotatable bonds is 6. The molecule has 0 aliphatic carbocycles. The van der Waals surface area contributed by atoms with Gasteiger partial charge in [0.05, 0.1) is 23.4 Å². The molecule has 0 bridgehead atoms. The van der Waals surface area contributed by atoms with Crippen LogP contribution in [0.2, 0.25) is 0 Å². The topological polar surface area (TPSA) is 102 Å². The number of anilines is 1. The zero-order valence-corrected chi connectivity index (χ0v) is 18.1. The molecule has 1 aromatic heterocycles. The van der Waals surface area contributed by atoms with Crippen LogP contribution in [0.5, 0.6) is 5.75 Å². The van der Waals surface area contributed by atoms with E-state index in [1.807, 2.05) is 18.7 Å². The van der Waals surface area contributed by atoms with Crippen molar-refractivity contribution in [2.24, 2.45) is 0 Å². The zero-order valence-electron chi connectivity index (χ0n) is 17.3. The quantitative estimate of drug-likeness (QED) is 0.681. The Hall–Kier alpha value is -2.88. The van der Waals surface area contributed by atoms with E-state index in [9.17, 15) is 13.2 Å². The second kappa shape index (κ2) is 9.29. The van der Waals surface area contributed by atoms with Gasteiger partial charge in [-0.05, 0) is 31.5 Å². The molecule has 1 saturated heterocycles. The number of hydrogen-bond acceptors (Lipinski definition) is 8. The molecule has 0 unspecified atom stereocenters. The van der Waals surface area contributed by atoms with E-state index in [4.69, 9.17) is 9.47 Å². The Morgan fingerprint density at radius 3 is 2.20 bits per heavy atom. The number of piperazine rings is 1. The maximum Gasteiger partial charge on any atom is 0.410 e. The van der Waals surface area contributed by atoms with Gasteiger partial charge in [-0.25, -0.2) is 23.2 Å². The highest BCUT2D eigenvalue weighted by Gasteiger charge is 2.24. The van der Waals surface area contributed by atoms with Crippen LogP contribution in [0.4, 0.5) is 10.7 Å². The number of amides is 1. The number of sulfone groups is 1. The van der Waals surface area contributed by atoms with E-state index < -0.39 is 9.84 Å². The fourth-order valence-corrected chi connectivity index (χ4v) is 3.54. The Balaban J connectivity index is 1.50. The third kappa shape index (κ3) is 5.82. The van der Waals surface area contributed by atoms with Crippen LogP contribution in [0.1, 0.15) is 19.4 Å². The SMILES string of the molecule is CC(C)OC(=O)N1CCN(c2ncc(OCc3ccc(S(C)(=O)=O)cc3)cn2)CC1. The van der Waals surface area contributed by atoms with Crippen LogP contribution in [0.15, 0.2) is 41.6 Å². The van der Waals surface area contributed by atoms with E-state index in [1.54, 1.807) is 41.6 Å². The molecule has 1 aliphatic heterocycles. The van der Waals surface area contributed by atoms with Gasteiger partial charge in [0.25, 0.3) is 0 Å². The smallest absolute Gasteiger partial charge is 0.410 e. The molecule has 0 N–H and O–H groups in total. The summed E-state index contributed by atoms with van der Waals surface area (Å²) in [6.07, 6.45) is 3.95. The summed E-state index contributed by atoms with van der Waals surface area (Å²) in [7, 11) is -3.21. The van der Waals surface area contributed by atoms with Gasteiger partial charge in [0.2, 0.25) is 5.95 Å². The third-order valence-corrected chi connectivity index (χ3v) is 5.66. The maximum absolute atomic E-state index is 12.0. The summed E-state index contributed by atoms with van der Waals surface area (Å²) in [5, 5.41) is 0. The Kier molecular flexibility index (Phi) is 6.76. The van der Waals surface area contributed by atoms with Crippen LogP contribution in [0, 0.1) is 0 Å². The summed E-state index contributed by atoms with van der Waals surface area (Å²) in [4.78, 5) is 24.6. The van der Waals surface area contributed by atoms with E-state index >= 15 is 0 Å². The number of hydrogen-bond donors (Lipinski definition) is 0. The van der Waals surface area contributed by atoms with Crippen LogP contribution in [0.3, 0.4) is 0 Å². The molecule has 10 heteroatoms. The molecule has 9 nitrogen and oxygen atoms in total. The van der Waals surface area contributed by atoms with Gasteiger partial charge in [0, 0.05) is 32.4 Å². The fraction of sp³-hybridized carbons (Fsp3) is 0.450. The predicted octanol–water partition coefficient (Wildman–Crippen LogP) is 2.13. The molecule has 1 aliphatic rings. The van der Waals surface area contributed by atoms with Gasteiger partial charge in [-0.2, -0.15) is 0 Å². The lowest BCUT2D eigenvalue weighted by Gasteiger charge is -2.34. The zero-order chi connectivity index (χ0) is 21.7. The van der Waals surface area contributed by atoms with Crippen molar-refractivity contribution in [2.45, 2.75) is 31.5 Å². The molecule has 162 valence electrons. The average molecular weight is 435 g/mol. The second-order valence-corrected chi connectivity index (χ2v) is 9.35. The van der Waals surface area contributed by atoms with Crippen molar-refractivity contribution in [1.29, 1.82) is 0 Å². The normalized spacial score (nSPS) is 14.7. The lowest BCUT2D eigenvalue weighted by Crippen LogP contribution is -2.49. The summed E-state index contributed by atoms with van der Waals surface area (Å²) in [5.41, 5.74) is 0.843. The highest BCUT2D eigenvalue weighted by atomic mass is 32.2. The van der Waals surface area contributed by atoms with Crippen molar-refractivity contribution in [2.75, 3.05) is 37.3 Å². The summed E-state index contributed by atoms with van der Waals surface area (Å²) in [6, 6.07) is 6.55. The molecule has 2 aromatic rings. The highest BCUT2D eigenvalue weighted by Crippen LogP contribution is 2.17. The number of ether oxygens (including phenoxy) is 2. The molecular formula is C20H26N4O5S. The lowest BCUT2D eigenvalue weighted by atomic mass is 10.2. The molecule has 0 radical (unpaired) electrons. The van der Waals surface area contributed by atoms with Crippen molar-refractivity contribution in [1.82, 2.24) is 14.9 Å². The minimum Gasteiger partial charge on any atom is -0.486 e. The van der Waals surface area contributed by atoms with Crippen LogP contribution < -0.4 is 9.64 Å². The van der Waals surface area contributed by atoms with E-state index in [-0.39, 0.29) is 23.7 Å². The summed E-state index contributed by atoms with van der Waals surface area (Å²) >= 11 is 0. The fourth-order valence-electron chi connectivity index (χ4n) is 2.91. The maximum atomic E-state index is 12.0. The van der Waals surface area contributed by atoms with Crippen molar-refractivity contribution >= 4 is 21.9 Å². The molecule has 0 atom stereocenters. The molecule has 1 amide bonds. The lowest BCUT2D eigenvalue weighted by molar-refractivity contribution is 0.0750. The largest absolute Gasteiger partial charge is 0.486 e. The summed E-state index contributed by atoms with van der Waals surface area (Å²) < 4.78 is 33.9. The molecule has 3 rings (SSSR count). The van der Waals surface area contributed by atoms with Crippen LogP contribution in [-0.2, 0) is 21.2 Å². The number of aromatic nitrogens is 2. The third-order valence-electron chi connectivity index (χ3n) is 4.53. The van der Waals surface area contributed by atoms with Crippen LogP contribution >= 0.6 is 0 Å². The number of carbonyl (C=O) groups is 1. The highest BCUT2D eigenvalue weighted by molar-refractivity contribution is 7.90. The number of nitrogens with zero attached hydrogens (tertiary/aromatic N) is 4. The summed E-state index contributed by atoms with van der Waals surface area (Å²) in [5.74, 6) is 1.10. The van der Waals surface area contributed by atoms with Crippen molar-refractivity contribution in [3.63, 3.8) is 0 Å². The molecule has 2 heterocycles. The van der Waals surface area contributed by atoms with E-state index in [0.717, 1.165) is 5.56 Å². The van der Waals surface area contributed by atoms with Crippen LogP contribution in [-0.4, -0.2) is 67.9 Å². The molecule has 30 heavy (non-hydrogen) atoms. The second-order valence-electron chi connectivity index (χ2n) is 7.33. The van der Waals surface area contributed by atoms with E-state index in [0.29, 0.717) is 37.9 Å². The van der Waals surface area contributed by atoms with Gasteiger partial charge in [-0.1, -0.05) is 12.1 Å². The first-order chi connectivity index (χ1) is 14.2. The Labute approximate surface area is 176 Å². The van der Waals surface area contributed by atoms with E-state index in [1.165, 1.54) is 6.26 Å². The first kappa shape index (κ1) is 21.8. The van der Waals surface area contributed by atoms with Gasteiger partial charge in [0.1, 0.15) is 6.61 Å². The average Bonchev–Trinajstić information content (AvgIpc) is 2.72. The van der Waals surface area contributed by atoms with Gasteiger partial charge in [-0.3, -0.25) is 0 Å². The van der Waals surface area contributed by atoms with Crippen molar-refractivity contribution in [3.8, 4) is 5.75 Å².